The number of pyridine rings is 1. The number of thioether (sulfide) groups is 1. The molecule has 4 rings (SSSR count). The quantitative estimate of drug-likeness (QED) is 0.668. The molecule has 0 aromatic carbocycles. The fourth-order valence-corrected chi connectivity index (χ4v) is 4.35. The number of likely N-dealkylation sites (tertiary alicyclic amines) is 1. The number of hydrogen-bond donors (Lipinski definition) is 2. The predicted octanol–water partition coefficient (Wildman–Crippen LogP) is 2.13. The Morgan fingerprint density at radius 2 is 2.15 bits per heavy atom. The van der Waals surface area contributed by atoms with E-state index in [1.807, 2.05) is 23.2 Å². The van der Waals surface area contributed by atoms with Crippen LogP contribution in [0.15, 0.2) is 35.7 Å². The van der Waals surface area contributed by atoms with E-state index in [0.717, 1.165) is 54.0 Å². The van der Waals surface area contributed by atoms with Crippen molar-refractivity contribution in [2.45, 2.75) is 23.8 Å². The highest BCUT2D eigenvalue weighted by Gasteiger charge is 2.22. The molecule has 0 spiro atoms. The van der Waals surface area contributed by atoms with Crippen molar-refractivity contribution in [1.29, 1.82) is 0 Å². The van der Waals surface area contributed by atoms with Crippen LogP contribution in [0.4, 0.5) is 5.69 Å². The van der Waals surface area contributed by atoms with Crippen LogP contribution in [0.2, 0.25) is 0 Å². The van der Waals surface area contributed by atoms with Crippen molar-refractivity contribution in [3.8, 4) is 11.1 Å². The Kier molecular flexibility index (Phi) is 4.88. The van der Waals surface area contributed by atoms with E-state index >= 15 is 0 Å². The van der Waals surface area contributed by atoms with Gasteiger partial charge in [0.05, 0.1) is 30.7 Å². The van der Waals surface area contributed by atoms with Crippen molar-refractivity contribution < 1.29 is 5.11 Å². The largest absolute Gasteiger partial charge is 0.396 e. The molecule has 0 aliphatic carbocycles. The van der Waals surface area contributed by atoms with Crippen molar-refractivity contribution in [1.82, 2.24) is 24.3 Å². The normalized spacial score (nSPS) is 18.6. The Bertz CT molecular complexity index is 902. The minimum Gasteiger partial charge on any atom is -0.396 e. The molecule has 7 nitrogen and oxygen atoms in total. The first-order valence-corrected chi connectivity index (χ1v) is 10.1. The number of rotatable bonds is 5. The number of aliphatic hydroxyl groups excluding tert-OH is 1. The van der Waals surface area contributed by atoms with Crippen LogP contribution in [0.3, 0.4) is 0 Å². The molecular formula is C18H24N6OS. The fraction of sp³-hybridized carbons (Fsp3) is 0.444. The van der Waals surface area contributed by atoms with Crippen molar-refractivity contribution in [3.63, 3.8) is 0 Å². The van der Waals surface area contributed by atoms with Gasteiger partial charge < -0.3 is 10.8 Å². The van der Waals surface area contributed by atoms with Crippen LogP contribution in [-0.4, -0.2) is 61.9 Å². The average Bonchev–Trinajstić information content (AvgIpc) is 3.29. The third kappa shape index (κ3) is 3.20. The van der Waals surface area contributed by atoms with Crippen LogP contribution < -0.4 is 5.73 Å². The molecular weight excluding hydrogens is 348 g/mol. The number of nitrogens with two attached hydrogens (primary N) is 1. The first kappa shape index (κ1) is 17.4. The highest BCUT2D eigenvalue weighted by molar-refractivity contribution is 7.98. The molecule has 3 aromatic heterocycles. The minimum atomic E-state index is 0.210. The Morgan fingerprint density at radius 3 is 2.96 bits per heavy atom. The molecule has 1 aliphatic heterocycles. The second kappa shape index (κ2) is 7.30. The summed E-state index contributed by atoms with van der Waals surface area (Å²) in [5, 5.41) is 18.2. The summed E-state index contributed by atoms with van der Waals surface area (Å²) in [7, 11) is 0. The second-order valence-electron chi connectivity index (χ2n) is 6.72. The lowest BCUT2D eigenvalue weighted by Gasteiger charge is -2.32. The van der Waals surface area contributed by atoms with Crippen LogP contribution in [0, 0.1) is 0 Å². The zero-order valence-electron chi connectivity index (χ0n) is 14.9. The standard InChI is InChI=1S/C18H24N6OS/c1-26-17-7-13(10-24-18(17)16(19)9-21-24)14-8-20-23(11-14)15-3-2-4-22(12-15)5-6-25/h7-11,15,25H,2-6,12,19H2,1H3. The molecule has 1 saturated heterocycles. The van der Waals surface area contributed by atoms with Crippen LogP contribution in [0.1, 0.15) is 18.9 Å². The van der Waals surface area contributed by atoms with Gasteiger partial charge in [0.2, 0.25) is 0 Å². The van der Waals surface area contributed by atoms with E-state index in [0.29, 0.717) is 11.7 Å². The monoisotopic (exact) mass is 372 g/mol. The number of fused-ring (bicyclic) bond motifs is 1. The molecule has 1 atom stereocenters. The lowest BCUT2D eigenvalue weighted by Crippen LogP contribution is -2.38. The Balaban J connectivity index is 1.63. The van der Waals surface area contributed by atoms with E-state index in [-0.39, 0.29) is 6.61 Å². The smallest absolute Gasteiger partial charge is 0.103 e. The number of aliphatic hydroxyl groups is 1. The van der Waals surface area contributed by atoms with Gasteiger partial charge in [-0.2, -0.15) is 10.2 Å². The van der Waals surface area contributed by atoms with Crippen molar-refractivity contribution in [2.24, 2.45) is 0 Å². The van der Waals surface area contributed by atoms with Crippen molar-refractivity contribution >= 4 is 23.0 Å². The lowest BCUT2D eigenvalue weighted by molar-refractivity contribution is 0.138. The first-order chi connectivity index (χ1) is 12.7. The third-order valence-corrected chi connectivity index (χ3v) is 5.78. The van der Waals surface area contributed by atoms with E-state index in [4.69, 9.17) is 5.73 Å². The molecule has 4 heterocycles. The number of nitrogen functional groups attached to an aromatic ring is 1. The maximum Gasteiger partial charge on any atom is 0.103 e. The summed E-state index contributed by atoms with van der Waals surface area (Å²) in [6, 6.07) is 2.51. The van der Waals surface area contributed by atoms with Crippen molar-refractivity contribution in [3.05, 3.63) is 30.9 Å². The number of nitrogens with zero attached hydrogens (tertiary/aromatic N) is 5. The van der Waals surface area contributed by atoms with Crippen molar-refractivity contribution in [2.75, 3.05) is 38.2 Å². The highest BCUT2D eigenvalue weighted by atomic mass is 32.2. The van der Waals surface area contributed by atoms with E-state index < -0.39 is 0 Å². The van der Waals surface area contributed by atoms with Gasteiger partial charge >= 0.3 is 0 Å². The molecule has 3 aromatic rings. The SMILES string of the molecule is CSc1cc(-c2cnn(C3CCCN(CCO)C3)c2)cn2ncc(N)c12. The number of aromatic nitrogens is 4. The lowest BCUT2D eigenvalue weighted by atomic mass is 10.1. The summed E-state index contributed by atoms with van der Waals surface area (Å²) >= 11 is 1.67. The van der Waals surface area contributed by atoms with Gasteiger partial charge in [0.15, 0.2) is 0 Å². The van der Waals surface area contributed by atoms with Crippen LogP contribution in [0.25, 0.3) is 16.6 Å². The molecule has 138 valence electrons. The topological polar surface area (TPSA) is 84.6 Å². The fourth-order valence-electron chi connectivity index (χ4n) is 3.70. The van der Waals surface area contributed by atoms with Crippen LogP contribution >= 0.6 is 11.8 Å². The average molecular weight is 372 g/mol. The van der Waals surface area contributed by atoms with E-state index in [2.05, 4.69) is 32.0 Å². The number of piperidine rings is 1. The van der Waals surface area contributed by atoms with Gasteiger partial charge in [-0.25, -0.2) is 4.52 Å². The summed E-state index contributed by atoms with van der Waals surface area (Å²) in [5.41, 5.74) is 9.86. The van der Waals surface area contributed by atoms with Crippen LogP contribution in [0.5, 0.6) is 0 Å². The minimum absolute atomic E-state index is 0.210. The van der Waals surface area contributed by atoms with Gasteiger partial charge in [-0.05, 0) is 31.7 Å². The molecule has 8 heteroatoms. The molecule has 0 radical (unpaired) electrons. The third-order valence-electron chi connectivity index (χ3n) is 5.03. The molecule has 1 fully saturated rings. The molecule has 0 amide bonds. The van der Waals surface area contributed by atoms with Gasteiger partial charge in [0, 0.05) is 41.5 Å². The number of hydrogen-bond acceptors (Lipinski definition) is 6. The Labute approximate surface area is 156 Å². The van der Waals surface area contributed by atoms with Gasteiger partial charge in [-0.1, -0.05) is 0 Å². The molecule has 0 saturated carbocycles. The molecule has 1 unspecified atom stereocenters. The Morgan fingerprint density at radius 1 is 1.27 bits per heavy atom. The highest BCUT2D eigenvalue weighted by Crippen LogP contribution is 2.31. The molecule has 26 heavy (non-hydrogen) atoms. The number of β-amino-alcohol motifs (C(OH)–C–C–N with tert-alkyl or cyclic N) is 1. The molecule has 0 bridgehead atoms. The van der Waals surface area contributed by atoms with E-state index in [9.17, 15) is 5.11 Å². The summed E-state index contributed by atoms with van der Waals surface area (Å²) in [6.45, 7) is 2.94. The Hall–Kier alpha value is -2.03. The van der Waals surface area contributed by atoms with E-state index in [1.54, 1.807) is 18.0 Å². The maximum absolute atomic E-state index is 9.18. The van der Waals surface area contributed by atoms with Crippen LogP contribution in [-0.2, 0) is 0 Å². The maximum atomic E-state index is 9.18. The number of anilines is 1. The van der Waals surface area contributed by atoms with Gasteiger partial charge in [-0.15, -0.1) is 11.8 Å². The zero-order chi connectivity index (χ0) is 18.1. The van der Waals surface area contributed by atoms with E-state index in [1.165, 1.54) is 0 Å². The summed E-state index contributed by atoms with van der Waals surface area (Å²) < 4.78 is 3.91. The van der Waals surface area contributed by atoms with Gasteiger partial charge in [-0.3, -0.25) is 9.58 Å². The molecule has 1 aliphatic rings. The summed E-state index contributed by atoms with van der Waals surface area (Å²) in [4.78, 5) is 3.41. The summed E-state index contributed by atoms with van der Waals surface area (Å²) in [6.07, 6.45) is 12.0. The summed E-state index contributed by atoms with van der Waals surface area (Å²) in [5.74, 6) is 0. The zero-order valence-corrected chi connectivity index (χ0v) is 15.7. The van der Waals surface area contributed by atoms with Gasteiger partial charge in [0.25, 0.3) is 0 Å². The van der Waals surface area contributed by atoms with Gasteiger partial charge in [0.1, 0.15) is 5.52 Å². The second-order valence-corrected chi connectivity index (χ2v) is 7.57. The molecule has 3 N–H and O–H groups in total. The first-order valence-electron chi connectivity index (χ1n) is 8.88. The predicted molar refractivity (Wildman–Crippen MR) is 104 cm³/mol.